The maximum Gasteiger partial charge on any atom is 0.408 e. The Kier molecular flexibility index (Phi) is 8.63. The first-order valence-electron chi connectivity index (χ1n) is 10.2. The first-order valence-corrected chi connectivity index (χ1v) is 10.2. The van der Waals surface area contributed by atoms with Crippen LogP contribution >= 0.6 is 0 Å². The van der Waals surface area contributed by atoms with Crippen LogP contribution in [0.3, 0.4) is 0 Å². The van der Waals surface area contributed by atoms with Crippen molar-refractivity contribution in [3.8, 4) is 11.5 Å². The summed E-state index contributed by atoms with van der Waals surface area (Å²) in [5.74, 6) is -0.182. The Hall–Kier alpha value is -3.55. The summed E-state index contributed by atoms with van der Waals surface area (Å²) >= 11 is 0. The zero-order valence-electron chi connectivity index (χ0n) is 18.7. The second-order valence-electron chi connectivity index (χ2n) is 8.21. The van der Waals surface area contributed by atoms with Crippen molar-refractivity contribution >= 4 is 18.0 Å². The van der Waals surface area contributed by atoms with Gasteiger partial charge in [-0.3, -0.25) is 4.79 Å². The van der Waals surface area contributed by atoms with Crippen molar-refractivity contribution in [2.24, 2.45) is 0 Å². The third-order valence-corrected chi connectivity index (χ3v) is 4.36. The SMILES string of the molecule is COC(=O)CCc1ccc(Oc2ccc(CC(NC(=O)OC(C)(C)C)C(=O)O)cc2)cc1. The van der Waals surface area contributed by atoms with Crippen LogP contribution in [0.25, 0.3) is 0 Å². The van der Waals surface area contributed by atoms with Crippen molar-refractivity contribution in [3.05, 3.63) is 59.7 Å². The normalized spacial score (nSPS) is 11.9. The van der Waals surface area contributed by atoms with E-state index in [1.54, 1.807) is 45.0 Å². The number of ether oxygens (including phenoxy) is 3. The van der Waals surface area contributed by atoms with E-state index in [2.05, 4.69) is 10.1 Å². The molecule has 0 bridgehead atoms. The van der Waals surface area contributed by atoms with Gasteiger partial charge in [0.1, 0.15) is 23.1 Å². The quantitative estimate of drug-likeness (QED) is 0.561. The highest BCUT2D eigenvalue weighted by atomic mass is 16.6. The molecule has 0 fully saturated rings. The van der Waals surface area contributed by atoms with Crippen LogP contribution in [0, 0.1) is 0 Å². The molecule has 2 aromatic rings. The molecule has 1 amide bonds. The molecule has 172 valence electrons. The molecule has 8 nitrogen and oxygen atoms in total. The van der Waals surface area contributed by atoms with Gasteiger partial charge in [-0.15, -0.1) is 0 Å². The zero-order chi connectivity index (χ0) is 23.7. The highest BCUT2D eigenvalue weighted by Crippen LogP contribution is 2.23. The Morgan fingerprint density at radius 1 is 0.938 bits per heavy atom. The lowest BCUT2D eigenvalue weighted by molar-refractivity contribution is -0.141. The lowest BCUT2D eigenvalue weighted by Crippen LogP contribution is -2.44. The minimum atomic E-state index is -1.15. The molecule has 0 aliphatic rings. The summed E-state index contributed by atoms with van der Waals surface area (Å²) in [6.07, 6.45) is 0.228. The number of esters is 1. The lowest BCUT2D eigenvalue weighted by atomic mass is 10.1. The predicted octanol–water partition coefficient (Wildman–Crippen LogP) is 4.10. The zero-order valence-corrected chi connectivity index (χ0v) is 18.7. The van der Waals surface area contributed by atoms with Crippen molar-refractivity contribution in [2.45, 2.75) is 51.7 Å². The molecule has 1 unspecified atom stereocenters. The van der Waals surface area contributed by atoms with Crippen LogP contribution in [0.15, 0.2) is 48.5 Å². The standard InChI is InChI=1S/C24H29NO7/c1-24(2,3)32-23(29)25-20(22(27)28)15-17-7-12-19(13-8-17)31-18-10-5-16(6-11-18)9-14-21(26)30-4/h5-8,10-13,20H,9,14-15H2,1-4H3,(H,25,29)(H,27,28). The van der Waals surface area contributed by atoms with Crippen molar-refractivity contribution in [1.29, 1.82) is 0 Å². The molecule has 0 spiro atoms. The Morgan fingerprint density at radius 3 is 1.94 bits per heavy atom. The first kappa shape index (κ1) is 24.7. The number of rotatable bonds is 9. The highest BCUT2D eigenvalue weighted by molar-refractivity contribution is 5.80. The fourth-order valence-corrected chi connectivity index (χ4v) is 2.79. The Morgan fingerprint density at radius 2 is 1.47 bits per heavy atom. The molecule has 0 aliphatic heterocycles. The number of alkyl carbamates (subject to hydrolysis) is 1. The van der Waals surface area contributed by atoms with E-state index in [0.29, 0.717) is 24.3 Å². The van der Waals surface area contributed by atoms with Gasteiger partial charge >= 0.3 is 18.0 Å². The van der Waals surface area contributed by atoms with Crippen LogP contribution in [0.5, 0.6) is 11.5 Å². The summed E-state index contributed by atoms with van der Waals surface area (Å²) in [4.78, 5) is 34.6. The molecule has 2 aromatic carbocycles. The lowest BCUT2D eigenvalue weighted by Gasteiger charge is -2.22. The predicted molar refractivity (Wildman–Crippen MR) is 118 cm³/mol. The van der Waals surface area contributed by atoms with Crippen LogP contribution in [-0.2, 0) is 31.9 Å². The molecule has 0 aliphatic carbocycles. The number of carboxylic acid groups (broad SMARTS) is 1. The van der Waals surface area contributed by atoms with Gasteiger partial charge < -0.3 is 24.6 Å². The first-order chi connectivity index (χ1) is 15.1. The van der Waals surface area contributed by atoms with Crippen LogP contribution in [0.4, 0.5) is 4.79 Å². The number of nitrogens with one attached hydrogen (secondary N) is 1. The van der Waals surface area contributed by atoms with Gasteiger partial charge in [0.2, 0.25) is 0 Å². The molecule has 0 aromatic heterocycles. The fraction of sp³-hybridized carbons (Fsp3) is 0.375. The number of methoxy groups -OCH3 is 1. The van der Waals surface area contributed by atoms with Gasteiger partial charge in [0.25, 0.3) is 0 Å². The van der Waals surface area contributed by atoms with E-state index in [4.69, 9.17) is 9.47 Å². The molecule has 32 heavy (non-hydrogen) atoms. The van der Waals surface area contributed by atoms with Crippen LogP contribution in [0.2, 0.25) is 0 Å². The smallest absolute Gasteiger partial charge is 0.408 e. The average molecular weight is 443 g/mol. The summed E-state index contributed by atoms with van der Waals surface area (Å²) in [5.41, 5.74) is 1.00. The van der Waals surface area contributed by atoms with Crippen LogP contribution in [0.1, 0.15) is 38.3 Å². The molecular weight excluding hydrogens is 414 g/mol. The van der Waals surface area contributed by atoms with E-state index >= 15 is 0 Å². The number of hydrogen-bond acceptors (Lipinski definition) is 6. The van der Waals surface area contributed by atoms with E-state index in [9.17, 15) is 19.5 Å². The molecule has 0 saturated carbocycles. The Labute approximate surface area is 187 Å². The van der Waals surface area contributed by atoms with Crippen LogP contribution in [-0.4, -0.2) is 41.9 Å². The molecule has 1 atom stereocenters. The number of aryl methyl sites for hydroxylation is 1. The van der Waals surface area contributed by atoms with Crippen molar-refractivity contribution < 1.29 is 33.7 Å². The minimum absolute atomic E-state index is 0.101. The number of carbonyl (C=O) groups is 3. The van der Waals surface area contributed by atoms with Crippen LogP contribution < -0.4 is 10.1 Å². The van der Waals surface area contributed by atoms with Crippen molar-refractivity contribution in [2.75, 3.05) is 7.11 Å². The number of benzene rings is 2. The molecule has 8 heteroatoms. The Balaban J connectivity index is 1.93. The van der Waals surface area contributed by atoms with E-state index in [-0.39, 0.29) is 12.4 Å². The summed E-state index contributed by atoms with van der Waals surface area (Å²) in [6, 6.07) is 13.2. The fourth-order valence-electron chi connectivity index (χ4n) is 2.79. The summed E-state index contributed by atoms with van der Waals surface area (Å²) < 4.78 is 15.6. The van der Waals surface area contributed by atoms with E-state index < -0.39 is 23.7 Å². The maximum absolute atomic E-state index is 11.9. The van der Waals surface area contributed by atoms with Gasteiger partial charge in [0, 0.05) is 12.8 Å². The van der Waals surface area contributed by atoms with Gasteiger partial charge in [0.05, 0.1) is 7.11 Å². The molecule has 0 heterocycles. The Bertz CT molecular complexity index is 915. The third-order valence-electron chi connectivity index (χ3n) is 4.36. The van der Waals surface area contributed by atoms with Crippen molar-refractivity contribution in [1.82, 2.24) is 5.32 Å². The topological polar surface area (TPSA) is 111 Å². The van der Waals surface area contributed by atoms with Gasteiger partial charge in [-0.1, -0.05) is 24.3 Å². The second-order valence-corrected chi connectivity index (χ2v) is 8.21. The largest absolute Gasteiger partial charge is 0.480 e. The number of aliphatic carboxylic acids is 1. The van der Waals surface area contributed by atoms with E-state index in [0.717, 1.165) is 11.1 Å². The second kappa shape index (κ2) is 11.2. The van der Waals surface area contributed by atoms with E-state index in [1.165, 1.54) is 7.11 Å². The highest BCUT2D eigenvalue weighted by Gasteiger charge is 2.24. The monoisotopic (exact) mass is 443 g/mol. The molecule has 0 saturated heterocycles. The van der Waals surface area contributed by atoms with E-state index in [1.807, 2.05) is 24.3 Å². The molecule has 0 radical (unpaired) electrons. The summed E-state index contributed by atoms with van der Waals surface area (Å²) in [7, 11) is 1.36. The summed E-state index contributed by atoms with van der Waals surface area (Å²) in [6.45, 7) is 5.12. The van der Waals surface area contributed by atoms with Gasteiger partial charge in [-0.25, -0.2) is 9.59 Å². The number of amides is 1. The van der Waals surface area contributed by atoms with Gasteiger partial charge in [-0.2, -0.15) is 0 Å². The summed E-state index contributed by atoms with van der Waals surface area (Å²) in [5, 5.41) is 11.8. The number of hydrogen-bond donors (Lipinski definition) is 2. The number of carbonyl (C=O) groups excluding carboxylic acids is 2. The maximum atomic E-state index is 11.9. The number of carboxylic acids is 1. The third kappa shape index (κ3) is 8.67. The van der Waals surface area contributed by atoms with Gasteiger partial charge in [-0.05, 0) is 62.6 Å². The van der Waals surface area contributed by atoms with Gasteiger partial charge in [0.15, 0.2) is 0 Å². The molecular formula is C24H29NO7. The molecule has 2 rings (SSSR count). The molecule has 2 N–H and O–H groups in total. The minimum Gasteiger partial charge on any atom is -0.480 e. The average Bonchev–Trinajstić information content (AvgIpc) is 2.72. The van der Waals surface area contributed by atoms with Crippen molar-refractivity contribution in [3.63, 3.8) is 0 Å².